The van der Waals surface area contributed by atoms with E-state index in [-0.39, 0.29) is 0 Å². The molecule has 0 N–H and O–H groups in total. The van der Waals surface area contributed by atoms with Crippen LogP contribution in [0.4, 0.5) is 4.39 Å². The number of hydrogen-bond acceptors (Lipinski definition) is 0. The van der Waals surface area contributed by atoms with E-state index in [9.17, 15) is 4.39 Å². The summed E-state index contributed by atoms with van der Waals surface area (Å²) in [7, 11) is 0.500. The lowest BCUT2D eigenvalue weighted by Crippen LogP contribution is -1.91. The fourth-order valence-electron chi connectivity index (χ4n) is 1.28. The van der Waals surface area contributed by atoms with Gasteiger partial charge in [0.25, 0.3) is 0 Å². The lowest BCUT2D eigenvalue weighted by Gasteiger charge is -2.09. The monoisotopic (exact) mass is 196 g/mol. The van der Waals surface area contributed by atoms with Crippen molar-refractivity contribution in [3.63, 3.8) is 0 Å². The second kappa shape index (κ2) is 6.58. The van der Waals surface area contributed by atoms with Crippen molar-refractivity contribution in [2.75, 3.05) is 7.18 Å². The third-order valence-corrected chi connectivity index (χ3v) is 2.24. The minimum Gasteiger partial charge on any atom is -0.255 e. The van der Waals surface area contributed by atoms with Crippen LogP contribution in [0.3, 0.4) is 0 Å². The van der Waals surface area contributed by atoms with Gasteiger partial charge in [-0.15, -0.1) is 0 Å². The molecule has 0 radical (unpaired) electrons. The van der Waals surface area contributed by atoms with Crippen LogP contribution in [0.5, 0.6) is 0 Å². The molecule has 0 aliphatic heterocycles. The molecular weight excluding hydrogens is 175 g/mol. The van der Waals surface area contributed by atoms with Crippen LogP contribution in [0.1, 0.15) is 50.7 Å². The molecule has 0 amide bonds. The van der Waals surface area contributed by atoms with E-state index in [0.29, 0.717) is 19.0 Å². The second-order valence-corrected chi connectivity index (χ2v) is 3.98. The Kier molecular flexibility index (Phi) is 6.18. The lowest BCUT2D eigenvalue weighted by atomic mass is 9.96. The molecule has 0 nitrogen and oxygen atoms in total. The van der Waals surface area contributed by atoms with Gasteiger partial charge in [0.2, 0.25) is 0 Å². The average molecular weight is 196 g/mol. The van der Waals surface area contributed by atoms with Gasteiger partial charge in [-0.25, -0.2) is 0 Å². The van der Waals surface area contributed by atoms with E-state index >= 15 is 0 Å². The fourth-order valence-corrected chi connectivity index (χ4v) is 1.28. The Labute approximate surface area is 87.2 Å². The van der Waals surface area contributed by atoms with Gasteiger partial charge in [-0.1, -0.05) is 52.0 Å². The van der Waals surface area contributed by atoms with Gasteiger partial charge < -0.3 is 0 Å². The molecule has 0 saturated heterocycles. The lowest BCUT2D eigenvalue weighted by molar-refractivity contribution is 0.636. The summed E-state index contributed by atoms with van der Waals surface area (Å²) in [6, 6.07) is 8.88. The quantitative estimate of drug-likeness (QED) is 0.652. The van der Waals surface area contributed by atoms with Crippen LogP contribution in [0.25, 0.3) is 0 Å². The number of rotatable bonds is 2. The number of alkyl halides is 1. The first-order chi connectivity index (χ1) is 6.61. The summed E-state index contributed by atoms with van der Waals surface area (Å²) in [6.07, 6.45) is 0. The molecule has 0 aliphatic rings. The maximum atomic E-state index is 9.50. The molecule has 1 aromatic carbocycles. The van der Waals surface area contributed by atoms with E-state index in [1.165, 1.54) is 11.1 Å². The van der Waals surface area contributed by atoms with E-state index in [0.717, 1.165) is 0 Å². The normalized spacial score (nSPS) is 10.0. The Morgan fingerprint density at radius 2 is 1.21 bits per heavy atom. The topological polar surface area (TPSA) is 0 Å². The van der Waals surface area contributed by atoms with Gasteiger partial charge in [-0.05, 0) is 23.0 Å². The third kappa shape index (κ3) is 3.91. The maximum Gasteiger partial charge on any atom is 0.0785 e. The minimum atomic E-state index is 0.500. The number of hydrogen-bond donors (Lipinski definition) is 0. The number of benzene rings is 1. The van der Waals surface area contributed by atoms with Gasteiger partial charge in [0.15, 0.2) is 0 Å². The van der Waals surface area contributed by atoms with Gasteiger partial charge in [0.05, 0.1) is 7.18 Å². The third-order valence-electron chi connectivity index (χ3n) is 2.24. The zero-order chi connectivity index (χ0) is 11.1. The Hall–Kier alpha value is -0.850. The molecule has 1 heteroatoms. The van der Waals surface area contributed by atoms with Crippen molar-refractivity contribution >= 4 is 0 Å². The first-order valence-electron chi connectivity index (χ1n) is 5.09. The largest absolute Gasteiger partial charge is 0.255 e. The molecule has 80 valence electrons. The molecule has 0 atom stereocenters. The fraction of sp³-hybridized carbons (Fsp3) is 0.538. The predicted octanol–water partition coefficient (Wildman–Crippen LogP) is 4.52. The van der Waals surface area contributed by atoms with Crippen LogP contribution in [0.15, 0.2) is 24.3 Å². The minimum absolute atomic E-state index is 0.500. The van der Waals surface area contributed by atoms with Crippen molar-refractivity contribution < 1.29 is 4.39 Å². The summed E-state index contributed by atoms with van der Waals surface area (Å²) in [5, 5.41) is 0. The summed E-state index contributed by atoms with van der Waals surface area (Å²) in [4.78, 5) is 0. The van der Waals surface area contributed by atoms with Crippen molar-refractivity contribution in [3.8, 4) is 0 Å². The zero-order valence-electron chi connectivity index (χ0n) is 9.84. The van der Waals surface area contributed by atoms with Crippen LogP contribution in [0.2, 0.25) is 0 Å². The Balaban J connectivity index is 0.000000791. The molecule has 1 aromatic rings. The van der Waals surface area contributed by atoms with Crippen molar-refractivity contribution in [2.24, 2.45) is 0 Å². The van der Waals surface area contributed by atoms with E-state index in [4.69, 9.17) is 0 Å². The van der Waals surface area contributed by atoms with Gasteiger partial charge in [-0.3, -0.25) is 4.39 Å². The van der Waals surface area contributed by atoms with Crippen LogP contribution < -0.4 is 0 Å². The Morgan fingerprint density at radius 1 is 0.857 bits per heavy atom. The van der Waals surface area contributed by atoms with E-state index in [2.05, 4.69) is 52.0 Å². The zero-order valence-corrected chi connectivity index (χ0v) is 9.84. The molecule has 0 aliphatic carbocycles. The van der Waals surface area contributed by atoms with Gasteiger partial charge >= 0.3 is 0 Å². The Morgan fingerprint density at radius 3 is 1.50 bits per heavy atom. The van der Waals surface area contributed by atoms with E-state index in [1.807, 2.05) is 0 Å². The summed E-state index contributed by atoms with van der Waals surface area (Å²) >= 11 is 0. The first kappa shape index (κ1) is 13.2. The molecule has 0 spiro atoms. The van der Waals surface area contributed by atoms with Crippen LogP contribution >= 0.6 is 0 Å². The Bertz CT molecular complexity index is 228. The first-order valence-corrected chi connectivity index (χ1v) is 5.09. The predicted molar refractivity (Wildman–Crippen MR) is 61.7 cm³/mol. The average Bonchev–Trinajstić information content (AvgIpc) is 2.21. The SMILES string of the molecule is CC(C)c1cccc(C(C)C)c1.CF. The summed E-state index contributed by atoms with van der Waals surface area (Å²) in [6.45, 7) is 8.94. The van der Waals surface area contributed by atoms with Gasteiger partial charge in [-0.2, -0.15) is 0 Å². The summed E-state index contributed by atoms with van der Waals surface area (Å²) < 4.78 is 9.50. The van der Waals surface area contributed by atoms with Crippen LogP contribution in [-0.4, -0.2) is 7.18 Å². The molecule has 1 rings (SSSR count). The smallest absolute Gasteiger partial charge is 0.0785 e. The van der Waals surface area contributed by atoms with Gasteiger partial charge in [0, 0.05) is 0 Å². The maximum absolute atomic E-state index is 9.50. The summed E-state index contributed by atoms with van der Waals surface area (Å²) in [5.74, 6) is 1.28. The molecule has 0 aromatic heterocycles. The number of halogens is 1. The van der Waals surface area contributed by atoms with E-state index < -0.39 is 0 Å². The molecule has 0 fully saturated rings. The molecule has 0 unspecified atom stereocenters. The van der Waals surface area contributed by atoms with Crippen molar-refractivity contribution in [1.82, 2.24) is 0 Å². The molecule has 0 heterocycles. The summed E-state index contributed by atoms with van der Waals surface area (Å²) in [5.41, 5.74) is 2.89. The second-order valence-electron chi connectivity index (χ2n) is 3.98. The highest BCUT2D eigenvalue weighted by atomic mass is 19.1. The van der Waals surface area contributed by atoms with Crippen molar-refractivity contribution in [3.05, 3.63) is 35.4 Å². The molecule has 0 saturated carbocycles. The van der Waals surface area contributed by atoms with Crippen molar-refractivity contribution in [1.29, 1.82) is 0 Å². The van der Waals surface area contributed by atoms with E-state index in [1.54, 1.807) is 0 Å². The molecule has 14 heavy (non-hydrogen) atoms. The van der Waals surface area contributed by atoms with Gasteiger partial charge in [0.1, 0.15) is 0 Å². The highest BCUT2D eigenvalue weighted by Gasteiger charge is 2.02. The van der Waals surface area contributed by atoms with Crippen molar-refractivity contribution in [2.45, 2.75) is 39.5 Å². The highest BCUT2D eigenvalue weighted by molar-refractivity contribution is 5.27. The standard InChI is InChI=1S/C12H18.CH3F/c1-9(2)11-6-5-7-12(8-11)10(3)4;1-2/h5-10H,1-4H3;1H3. The van der Waals surface area contributed by atoms with Crippen LogP contribution in [-0.2, 0) is 0 Å². The highest BCUT2D eigenvalue weighted by Crippen LogP contribution is 2.20. The molecular formula is C13H21F. The molecule has 0 bridgehead atoms. The van der Waals surface area contributed by atoms with Crippen LogP contribution in [0, 0.1) is 0 Å².